The molecule has 1 aromatic carbocycles. The Morgan fingerprint density at radius 1 is 1.22 bits per heavy atom. The fraction of sp³-hybridized carbons (Fsp3) is 0.571. The summed E-state index contributed by atoms with van der Waals surface area (Å²) in [5.74, 6) is 0. The van der Waals surface area contributed by atoms with Gasteiger partial charge < -0.3 is 14.7 Å². The number of hydrogen-bond acceptors (Lipinski definition) is 2. The Hall–Kier alpha value is -0.610. The van der Waals surface area contributed by atoms with E-state index in [0.717, 1.165) is 17.1 Å². The van der Waals surface area contributed by atoms with Gasteiger partial charge in [0.05, 0.1) is 26.3 Å². The average Bonchev–Trinajstić information content (AvgIpc) is 2.84. The molecule has 0 saturated carbocycles. The molecule has 1 atom stereocenters. The van der Waals surface area contributed by atoms with Crippen LogP contribution in [-0.2, 0) is 11.3 Å². The molecule has 0 aliphatic carbocycles. The third-order valence-corrected chi connectivity index (χ3v) is 3.58. The first-order valence-corrected chi connectivity index (χ1v) is 6.95. The molecule has 18 heavy (non-hydrogen) atoms. The number of ether oxygens (including phenoxy) is 1. The van der Waals surface area contributed by atoms with Crippen molar-refractivity contribution in [2.45, 2.75) is 25.6 Å². The van der Waals surface area contributed by atoms with E-state index in [-0.39, 0.29) is 6.10 Å². The lowest BCUT2D eigenvalue weighted by atomic mass is 10.2. The van der Waals surface area contributed by atoms with Crippen LogP contribution in [0.15, 0.2) is 24.3 Å². The molecule has 0 unspecified atom stereocenters. The molecule has 2 N–H and O–H groups in total. The molecule has 1 heterocycles. The number of hydrogen-bond donors (Lipinski definition) is 2. The van der Waals surface area contributed by atoms with Crippen molar-refractivity contribution in [2.24, 2.45) is 0 Å². The van der Waals surface area contributed by atoms with Crippen molar-refractivity contribution in [3.05, 3.63) is 34.9 Å². The maximum atomic E-state index is 9.86. The standard InChI is InChI=1S/C14H20ClNO2/c15-13-5-3-12(4-6-13)10-18-11-14(17)9-16-7-1-2-8-16/h3-6,14,17H,1-2,7-11H2/p+1/t14-/m0/s1. The molecule has 100 valence electrons. The molecule has 0 spiro atoms. The van der Waals surface area contributed by atoms with E-state index in [2.05, 4.69) is 0 Å². The van der Waals surface area contributed by atoms with Crippen LogP contribution in [0.2, 0.25) is 5.02 Å². The number of aliphatic hydroxyl groups excluding tert-OH is 1. The first-order chi connectivity index (χ1) is 8.74. The van der Waals surface area contributed by atoms with Crippen molar-refractivity contribution < 1.29 is 14.7 Å². The molecule has 1 saturated heterocycles. The molecule has 0 radical (unpaired) electrons. The number of halogens is 1. The van der Waals surface area contributed by atoms with Gasteiger partial charge >= 0.3 is 0 Å². The van der Waals surface area contributed by atoms with Gasteiger partial charge in [0.2, 0.25) is 0 Å². The smallest absolute Gasteiger partial charge is 0.126 e. The summed E-state index contributed by atoms with van der Waals surface area (Å²) < 4.78 is 5.53. The van der Waals surface area contributed by atoms with Crippen LogP contribution in [-0.4, -0.2) is 37.5 Å². The molecule has 0 aromatic heterocycles. The van der Waals surface area contributed by atoms with Gasteiger partial charge in [0.25, 0.3) is 0 Å². The minimum Gasteiger partial charge on any atom is -0.385 e. The van der Waals surface area contributed by atoms with Crippen molar-refractivity contribution in [3.63, 3.8) is 0 Å². The maximum absolute atomic E-state index is 9.86. The highest BCUT2D eigenvalue weighted by Gasteiger charge is 2.19. The minimum atomic E-state index is -0.356. The Balaban J connectivity index is 1.63. The van der Waals surface area contributed by atoms with E-state index in [9.17, 15) is 5.11 Å². The zero-order valence-corrected chi connectivity index (χ0v) is 11.3. The summed E-state index contributed by atoms with van der Waals surface area (Å²) >= 11 is 5.81. The molecule has 1 aliphatic heterocycles. The predicted octanol–water partition coefficient (Wildman–Crippen LogP) is 0.896. The molecule has 0 amide bonds. The van der Waals surface area contributed by atoms with Crippen LogP contribution in [0, 0.1) is 0 Å². The van der Waals surface area contributed by atoms with Gasteiger partial charge in [0, 0.05) is 17.9 Å². The molecular weight excluding hydrogens is 250 g/mol. The Morgan fingerprint density at radius 3 is 2.56 bits per heavy atom. The second-order valence-electron chi connectivity index (χ2n) is 4.96. The van der Waals surface area contributed by atoms with Crippen LogP contribution in [0.25, 0.3) is 0 Å². The molecule has 0 bridgehead atoms. The van der Waals surface area contributed by atoms with Gasteiger partial charge in [-0.2, -0.15) is 0 Å². The predicted molar refractivity (Wildman–Crippen MR) is 71.9 cm³/mol. The van der Waals surface area contributed by atoms with E-state index in [0.29, 0.717) is 13.2 Å². The largest absolute Gasteiger partial charge is 0.385 e. The Bertz CT molecular complexity index is 349. The highest BCUT2D eigenvalue weighted by atomic mass is 35.5. The second-order valence-corrected chi connectivity index (χ2v) is 5.39. The van der Waals surface area contributed by atoms with Crippen LogP contribution in [0.4, 0.5) is 0 Å². The normalized spacial score (nSPS) is 18.1. The van der Waals surface area contributed by atoms with Crippen molar-refractivity contribution in [3.8, 4) is 0 Å². The molecular formula is C14H21ClNO2+. The van der Waals surface area contributed by atoms with Gasteiger partial charge in [-0.05, 0) is 17.7 Å². The lowest BCUT2D eigenvalue weighted by Gasteiger charge is -2.16. The quantitative estimate of drug-likeness (QED) is 0.805. The SMILES string of the molecule is O[C@H](COCc1ccc(Cl)cc1)C[NH+]1CCCC1. The molecule has 4 heteroatoms. The van der Waals surface area contributed by atoms with Gasteiger partial charge in [-0.3, -0.25) is 0 Å². The van der Waals surface area contributed by atoms with Gasteiger partial charge in [0.1, 0.15) is 12.6 Å². The summed E-state index contributed by atoms with van der Waals surface area (Å²) in [6.45, 7) is 4.12. The van der Waals surface area contributed by atoms with Gasteiger partial charge in [0.15, 0.2) is 0 Å². The van der Waals surface area contributed by atoms with E-state index >= 15 is 0 Å². The third kappa shape index (κ3) is 4.58. The monoisotopic (exact) mass is 270 g/mol. The lowest BCUT2D eigenvalue weighted by molar-refractivity contribution is -0.890. The van der Waals surface area contributed by atoms with E-state index < -0.39 is 0 Å². The average molecular weight is 271 g/mol. The summed E-state index contributed by atoms with van der Waals surface area (Å²) in [5, 5.41) is 10.6. The van der Waals surface area contributed by atoms with E-state index in [4.69, 9.17) is 16.3 Å². The van der Waals surface area contributed by atoms with Crippen LogP contribution in [0.3, 0.4) is 0 Å². The first kappa shape index (κ1) is 13.8. The fourth-order valence-corrected chi connectivity index (χ4v) is 2.49. The van der Waals surface area contributed by atoms with E-state index in [1.165, 1.54) is 30.8 Å². The third-order valence-electron chi connectivity index (χ3n) is 3.33. The summed E-state index contributed by atoms with van der Waals surface area (Å²) in [5.41, 5.74) is 1.08. The number of likely N-dealkylation sites (tertiary alicyclic amines) is 1. The Morgan fingerprint density at radius 2 is 1.89 bits per heavy atom. The molecule has 1 fully saturated rings. The van der Waals surface area contributed by atoms with Crippen LogP contribution in [0.1, 0.15) is 18.4 Å². The molecule has 3 nitrogen and oxygen atoms in total. The highest BCUT2D eigenvalue weighted by Crippen LogP contribution is 2.10. The van der Waals surface area contributed by atoms with E-state index in [1.54, 1.807) is 0 Å². The first-order valence-electron chi connectivity index (χ1n) is 6.58. The Kier molecular flexibility index (Phi) is 5.45. The minimum absolute atomic E-state index is 0.356. The molecule has 2 rings (SSSR count). The van der Waals surface area contributed by atoms with Crippen molar-refractivity contribution in [2.75, 3.05) is 26.2 Å². The summed E-state index contributed by atoms with van der Waals surface area (Å²) in [7, 11) is 0. The van der Waals surface area contributed by atoms with Gasteiger partial charge in [-0.15, -0.1) is 0 Å². The number of nitrogens with one attached hydrogen (secondary N) is 1. The van der Waals surface area contributed by atoms with Gasteiger partial charge in [-0.1, -0.05) is 23.7 Å². The topological polar surface area (TPSA) is 33.9 Å². The number of quaternary nitrogens is 1. The summed E-state index contributed by atoms with van der Waals surface area (Å²) in [4.78, 5) is 1.50. The Labute approximate surface area is 113 Å². The fourth-order valence-electron chi connectivity index (χ4n) is 2.36. The van der Waals surface area contributed by atoms with Crippen molar-refractivity contribution in [1.29, 1.82) is 0 Å². The number of benzene rings is 1. The van der Waals surface area contributed by atoms with Crippen LogP contribution >= 0.6 is 11.6 Å². The number of rotatable bonds is 6. The van der Waals surface area contributed by atoms with Crippen molar-refractivity contribution in [1.82, 2.24) is 0 Å². The maximum Gasteiger partial charge on any atom is 0.126 e. The number of aliphatic hydroxyl groups is 1. The zero-order chi connectivity index (χ0) is 12.8. The van der Waals surface area contributed by atoms with Crippen LogP contribution in [0.5, 0.6) is 0 Å². The zero-order valence-electron chi connectivity index (χ0n) is 10.6. The lowest BCUT2D eigenvalue weighted by Crippen LogP contribution is -3.11. The molecule has 1 aromatic rings. The summed E-state index contributed by atoms with van der Waals surface area (Å²) in [6, 6.07) is 7.59. The second kappa shape index (κ2) is 7.10. The summed E-state index contributed by atoms with van der Waals surface area (Å²) in [6.07, 6.45) is 2.21. The van der Waals surface area contributed by atoms with E-state index in [1.807, 2.05) is 24.3 Å². The molecule has 1 aliphatic rings. The van der Waals surface area contributed by atoms with Crippen LogP contribution < -0.4 is 4.90 Å². The van der Waals surface area contributed by atoms with Gasteiger partial charge in [-0.25, -0.2) is 0 Å². The van der Waals surface area contributed by atoms with Crippen molar-refractivity contribution >= 4 is 11.6 Å². The highest BCUT2D eigenvalue weighted by molar-refractivity contribution is 6.30.